The Balaban J connectivity index is 1.67. The molecule has 0 saturated heterocycles. The number of hydrogen-bond donors (Lipinski definition) is 4. The Morgan fingerprint density at radius 2 is 1.76 bits per heavy atom. The van der Waals surface area contributed by atoms with Crippen molar-refractivity contribution in [3.63, 3.8) is 0 Å². The lowest BCUT2D eigenvalue weighted by atomic mass is 9.95. The van der Waals surface area contributed by atoms with Crippen LogP contribution < -0.4 is 35.0 Å². The van der Waals surface area contributed by atoms with Crippen LogP contribution in [0.1, 0.15) is 37.9 Å². The van der Waals surface area contributed by atoms with Crippen LogP contribution >= 0.6 is 0 Å². The number of nitrogens with one attached hydrogen (secondary N) is 3. The normalized spacial score (nSPS) is 15.4. The summed E-state index contributed by atoms with van der Waals surface area (Å²) in [5, 5.41) is 19.8. The summed E-state index contributed by atoms with van der Waals surface area (Å²) in [5.41, 5.74) is 4.60. The smallest absolute Gasteiger partial charge is 0.337 e. The van der Waals surface area contributed by atoms with Crippen molar-refractivity contribution in [3.8, 4) is 23.0 Å². The third-order valence-corrected chi connectivity index (χ3v) is 5.73. The number of methoxy groups -OCH3 is 1. The molecule has 1 heterocycles. The van der Waals surface area contributed by atoms with Crippen molar-refractivity contribution >= 4 is 18.2 Å². The van der Waals surface area contributed by atoms with E-state index < -0.39 is 24.3 Å². The van der Waals surface area contributed by atoms with Gasteiger partial charge < -0.3 is 39.4 Å². The minimum Gasteiger partial charge on any atom is -0.490 e. The van der Waals surface area contributed by atoms with Crippen LogP contribution in [0.4, 0.5) is 4.79 Å². The van der Waals surface area contributed by atoms with Crippen molar-refractivity contribution in [1.29, 1.82) is 0 Å². The van der Waals surface area contributed by atoms with E-state index in [1.165, 1.54) is 13.3 Å². The molecule has 2 aromatic rings. The summed E-state index contributed by atoms with van der Waals surface area (Å²) in [7, 11) is 1.27. The summed E-state index contributed by atoms with van der Waals surface area (Å²) in [4.78, 5) is 24.5. The van der Waals surface area contributed by atoms with Gasteiger partial charge in [-0.1, -0.05) is 18.7 Å². The van der Waals surface area contributed by atoms with Gasteiger partial charge in [-0.2, -0.15) is 5.10 Å². The van der Waals surface area contributed by atoms with Crippen molar-refractivity contribution < 1.29 is 38.4 Å². The lowest BCUT2D eigenvalue weighted by Crippen LogP contribution is -2.45. The van der Waals surface area contributed by atoms with Crippen LogP contribution in [0.25, 0.3) is 0 Å². The molecule has 2 amide bonds. The first-order chi connectivity index (χ1) is 19.8. The number of aliphatic hydroxyl groups excluding tert-OH is 1. The topological polar surface area (TPSA) is 149 Å². The number of benzene rings is 2. The number of hydrogen-bond acceptors (Lipinski definition) is 10. The van der Waals surface area contributed by atoms with E-state index in [1.807, 2.05) is 13.8 Å². The van der Waals surface area contributed by atoms with Gasteiger partial charge in [0.2, 0.25) is 0 Å². The van der Waals surface area contributed by atoms with E-state index in [4.69, 9.17) is 23.7 Å². The van der Waals surface area contributed by atoms with Gasteiger partial charge >= 0.3 is 12.0 Å². The van der Waals surface area contributed by atoms with Crippen LogP contribution in [0.5, 0.6) is 23.0 Å². The number of ether oxygens (including phenoxy) is 5. The highest BCUT2D eigenvalue weighted by Crippen LogP contribution is 2.35. The number of rotatable bonds is 15. The maximum Gasteiger partial charge on any atom is 0.337 e. The first kappa shape index (κ1) is 30.8. The minimum absolute atomic E-state index is 0.147. The molecule has 0 radical (unpaired) electrons. The van der Waals surface area contributed by atoms with E-state index in [0.717, 1.165) is 5.56 Å². The number of carbonyl (C=O) groups is 2. The lowest BCUT2D eigenvalue weighted by Gasteiger charge is -2.28. The van der Waals surface area contributed by atoms with Crippen LogP contribution in [-0.2, 0) is 9.53 Å². The molecule has 0 spiro atoms. The summed E-state index contributed by atoms with van der Waals surface area (Å²) in [6, 6.07) is 9.16. The molecule has 0 unspecified atom stereocenters. The average molecular weight is 569 g/mol. The van der Waals surface area contributed by atoms with Crippen LogP contribution in [-0.4, -0.2) is 63.1 Å². The molecule has 12 nitrogen and oxygen atoms in total. The first-order valence-corrected chi connectivity index (χ1v) is 13.0. The van der Waals surface area contributed by atoms with Gasteiger partial charge in [-0.25, -0.2) is 9.59 Å². The van der Waals surface area contributed by atoms with Gasteiger partial charge in [-0.3, -0.25) is 5.43 Å². The SMILES string of the molecule is C=CCOc1ccc(/C=N\N[C@@H](O)COc2ccc([C@H]3NC(=O)NC(C)=C3C(=O)OC)cc2OCC)cc1OCC. The van der Waals surface area contributed by atoms with E-state index in [-0.39, 0.29) is 12.2 Å². The molecule has 12 heteroatoms. The zero-order valence-electron chi connectivity index (χ0n) is 23.6. The van der Waals surface area contributed by atoms with Crippen LogP contribution in [0.15, 0.2) is 65.4 Å². The van der Waals surface area contributed by atoms with Crippen molar-refractivity contribution in [2.24, 2.45) is 5.10 Å². The molecule has 0 fully saturated rings. The zero-order chi connectivity index (χ0) is 29.8. The third-order valence-electron chi connectivity index (χ3n) is 5.73. The summed E-state index contributed by atoms with van der Waals surface area (Å²) < 4.78 is 27.6. The summed E-state index contributed by atoms with van der Waals surface area (Å²) in [6.07, 6.45) is 2.05. The van der Waals surface area contributed by atoms with Gasteiger partial charge in [0.05, 0.1) is 38.2 Å². The van der Waals surface area contributed by atoms with E-state index in [2.05, 4.69) is 27.7 Å². The molecule has 1 aliphatic heterocycles. The zero-order valence-corrected chi connectivity index (χ0v) is 23.6. The quantitative estimate of drug-likeness (QED) is 0.0836. The summed E-state index contributed by atoms with van der Waals surface area (Å²) in [6.45, 7) is 9.98. The molecule has 0 bridgehead atoms. The van der Waals surface area contributed by atoms with Gasteiger partial charge in [-0.15, -0.1) is 0 Å². The van der Waals surface area contributed by atoms with Gasteiger partial charge in [-0.05, 0) is 62.2 Å². The second kappa shape index (κ2) is 15.2. The number of hydrazone groups is 1. The maximum atomic E-state index is 12.4. The molecule has 4 N–H and O–H groups in total. The highest BCUT2D eigenvalue weighted by Gasteiger charge is 2.32. The Labute approximate surface area is 239 Å². The van der Waals surface area contributed by atoms with Gasteiger partial charge in [0, 0.05) is 5.70 Å². The molecule has 2 atom stereocenters. The number of urea groups is 1. The predicted octanol–water partition coefficient (Wildman–Crippen LogP) is 3.17. The molecule has 2 aromatic carbocycles. The van der Waals surface area contributed by atoms with Gasteiger partial charge in [0.15, 0.2) is 29.2 Å². The van der Waals surface area contributed by atoms with E-state index in [1.54, 1.807) is 49.4 Å². The number of nitrogens with zero attached hydrogens (tertiary/aromatic N) is 1. The Bertz CT molecular complexity index is 1290. The van der Waals surface area contributed by atoms with Crippen molar-refractivity contribution in [1.82, 2.24) is 16.1 Å². The monoisotopic (exact) mass is 568 g/mol. The number of carbonyl (C=O) groups excluding carboxylic acids is 2. The number of amides is 2. The van der Waals surface area contributed by atoms with Crippen LogP contribution in [0.2, 0.25) is 0 Å². The van der Waals surface area contributed by atoms with E-state index in [0.29, 0.717) is 54.1 Å². The first-order valence-electron chi connectivity index (χ1n) is 13.0. The minimum atomic E-state index is -1.14. The van der Waals surface area contributed by atoms with Crippen molar-refractivity contribution in [2.45, 2.75) is 33.0 Å². The molecular weight excluding hydrogens is 532 g/mol. The van der Waals surface area contributed by atoms with Gasteiger partial charge in [0.1, 0.15) is 13.2 Å². The predicted molar refractivity (Wildman–Crippen MR) is 152 cm³/mol. The molecular formula is C29H36N4O8. The van der Waals surface area contributed by atoms with E-state index in [9.17, 15) is 14.7 Å². The second-order valence-electron chi connectivity index (χ2n) is 8.65. The number of allylic oxidation sites excluding steroid dienone is 1. The summed E-state index contributed by atoms with van der Waals surface area (Å²) >= 11 is 0. The highest BCUT2D eigenvalue weighted by atomic mass is 16.5. The molecule has 41 heavy (non-hydrogen) atoms. The standard InChI is InChI=1S/C29H36N4O8/c1-6-13-40-21-11-9-19(14-23(21)38-7-2)16-30-33-25(34)17-41-22-12-10-20(15-24(22)39-8-3)27-26(28(35)37-5)18(4)31-29(36)32-27/h6,9-12,14-16,25,27,33-34H,1,7-8,13,17H2,2-5H3,(H2,31,32,36)/b30-16-/t25-,27+/m0/s1. The Morgan fingerprint density at radius 3 is 2.44 bits per heavy atom. The third kappa shape index (κ3) is 8.39. The van der Waals surface area contributed by atoms with Crippen LogP contribution in [0, 0.1) is 0 Å². The fourth-order valence-electron chi connectivity index (χ4n) is 3.96. The van der Waals surface area contributed by atoms with Crippen molar-refractivity contribution in [2.75, 3.05) is 33.5 Å². The molecule has 1 aliphatic rings. The Hall–Kier alpha value is -4.71. The lowest BCUT2D eigenvalue weighted by molar-refractivity contribution is -0.136. The number of esters is 1. The maximum absolute atomic E-state index is 12.4. The Kier molecular flexibility index (Phi) is 11.4. The largest absolute Gasteiger partial charge is 0.490 e. The van der Waals surface area contributed by atoms with E-state index >= 15 is 0 Å². The number of aliphatic hydroxyl groups is 1. The second-order valence-corrected chi connectivity index (χ2v) is 8.65. The molecule has 0 aliphatic carbocycles. The fraction of sp³-hybridized carbons (Fsp3) is 0.345. The molecule has 0 aromatic heterocycles. The fourth-order valence-corrected chi connectivity index (χ4v) is 3.96. The Morgan fingerprint density at radius 1 is 1.07 bits per heavy atom. The van der Waals surface area contributed by atoms with Gasteiger partial charge in [0.25, 0.3) is 0 Å². The molecule has 220 valence electrons. The molecule has 3 rings (SSSR count). The highest BCUT2D eigenvalue weighted by molar-refractivity contribution is 5.95. The summed E-state index contributed by atoms with van der Waals surface area (Å²) in [5.74, 6) is 1.33. The van der Waals surface area contributed by atoms with Crippen molar-refractivity contribution in [3.05, 3.63) is 71.5 Å². The molecule has 0 saturated carbocycles. The average Bonchev–Trinajstić information content (AvgIpc) is 2.95. The van der Waals surface area contributed by atoms with Crippen LogP contribution in [0.3, 0.4) is 0 Å².